The molecule has 1 unspecified atom stereocenters. The minimum Gasteiger partial charge on any atom is -0.444 e. The summed E-state index contributed by atoms with van der Waals surface area (Å²) in [4.78, 5) is 14.4. The molecule has 1 heterocycles. The number of carbonyl (C=O) groups excluding carboxylic acids is 1. The van der Waals surface area contributed by atoms with Gasteiger partial charge in [0.2, 0.25) is 0 Å². The van der Waals surface area contributed by atoms with Crippen LogP contribution in [0.15, 0.2) is 60.7 Å². The molecule has 0 aliphatic carbocycles. The molecule has 0 aromatic heterocycles. The van der Waals surface area contributed by atoms with Gasteiger partial charge in [0.1, 0.15) is 5.60 Å². The van der Waals surface area contributed by atoms with Crippen molar-refractivity contribution in [2.45, 2.75) is 38.8 Å². The predicted molar refractivity (Wildman–Crippen MR) is 109 cm³/mol. The molecular formula is C23H30N2O2. The Hall–Kier alpha value is -2.33. The van der Waals surface area contributed by atoms with Crippen molar-refractivity contribution in [2.24, 2.45) is 5.92 Å². The van der Waals surface area contributed by atoms with Crippen LogP contribution < -0.4 is 5.32 Å². The van der Waals surface area contributed by atoms with Gasteiger partial charge in [0.25, 0.3) is 0 Å². The highest BCUT2D eigenvalue weighted by molar-refractivity contribution is 5.67. The van der Waals surface area contributed by atoms with Gasteiger partial charge >= 0.3 is 6.09 Å². The average Bonchev–Trinajstić information content (AvgIpc) is 3.09. The molecular weight excluding hydrogens is 336 g/mol. The topological polar surface area (TPSA) is 41.6 Å². The van der Waals surface area contributed by atoms with Crippen molar-refractivity contribution in [2.75, 3.05) is 19.6 Å². The number of ether oxygens (including phenoxy) is 1. The Morgan fingerprint density at radius 1 is 1.07 bits per heavy atom. The standard InChI is InChI=1S/C23H30N2O2/c1-23(2,3)27-22(26)24-16-18-14-15-25(17-18)21(19-10-6-4-7-11-19)20-12-8-5-9-13-20/h4-13,18,21H,14-17H2,1-3H3,(H,24,26). The molecule has 1 atom stereocenters. The molecule has 1 aliphatic rings. The number of nitrogens with one attached hydrogen (secondary N) is 1. The lowest BCUT2D eigenvalue weighted by molar-refractivity contribution is 0.0519. The lowest BCUT2D eigenvalue weighted by Gasteiger charge is -2.29. The van der Waals surface area contributed by atoms with Crippen LogP contribution in [0.5, 0.6) is 0 Å². The summed E-state index contributed by atoms with van der Waals surface area (Å²) in [5.74, 6) is 0.437. The summed E-state index contributed by atoms with van der Waals surface area (Å²) in [7, 11) is 0. The van der Waals surface area contributed by atoms with Crippen LogP contribution in [0.1, 0.15) is 44.4 Å². The molecule has 1 N–H and O–H groups in total. The molecule has 0 radical (unpaired) electrons. The van der Waals surface area contributed by atoms with E-state index < -0.39 is 5.60 Å². The summed E-state index contributed by atoms with van der Waals surface area (Å²) >= 11 is 0. The zero-order valence-electron chi connectivity index (χ0n) is 16.5. The fraction of sp³-hybridized carbons (Fsp3) is 0.435. The van der Waals surface area contributed by atoms with E-state index in [0.29, 0.717) is 12.5 Å². The molecule has 144 valence electrons. The first-order chi connectivity index (χ1) is 12.9. The third-order valence-corrected chi connectivity index (χ3v) is 4.85. The highest BCUT2D eigenvalue weighted by Crippen LogP contribution is 2.32. The normalized spacial score (nSPS) is 17.9. The molecule has 2 aromatic carbocycles. The maximum atomic E-state index is 11.9. The van der Waals surface area contributed by atoms with Gasteiger partial charge < -0.3 is 10.1 Å². The SMILES string of the molecule is CC(C)(C)OC(=O)NCC1CCN(C(c2ccccc2)c2ccccc2)C1. The summed E-state index contributed by atoms with van der Waals surface area (Å²) in [6.45, 7) is 8.29. The van der Waals surface area contributed by atoms with Crippen molar-refractivity contribution in [3.63, 3.8) is 0 Å². The van der Waals surface area contributed by atoms with Gasteiger partial charge in [0.05, 0.1) is 6.04 Å². The van der Waals surface area contributed by atoms with E-state index in [1.165, 1.54) is 11.1 Å². The monoisotopic (exact) mass is 366 g/mol. The third-order valence-electron chi connectivity index (χ3n) is 4.85. The van der Waals surface area contributed by atoms with Gasteiger partial charge in [0, 0.05) is 13.1 Å². The smallest absolute Gasteiger partial charge is 0.407 e. The van der Waals surface area contributed by atoms with E-state index in [9.17, 15) is 4.79 Å². The quantitative estimate of drug-likeness (QED) is 0.839. The molecule has 4 heteroatoms. The van der Waals surface area contributed by atoms with Crippen molar-refractivity contribution < 1.29 is 9.53 Å². The largest absolute Gasteiger partial charge is 0.444 e. The third kappa shape index (κ3) is 5.57. The highest BCUT2D eigenvalue weighted by atomic mass is 16.6. The van der Waals surface area contributed by atoms with Crippen molar-refractivity contribution in [3.05, 3.63) is 71.8 Å². The second-order valence-corrected chi connectivity index (χ2v) is 8.26. The molecule has 1 aliphatic heterocycles. The predicted octanol–water partition coefficient (Wildman–Crippen LogP) is 4.62. The maximum Gasteiger partial charge on any atom is 0.407 e. The van der Waals surface area contributed by atoms with Crippen LogP contribution in [-0.2, 0) is 4.74 Å². The number of likely N-dealkylation sites (tertiary alicyclic amines) is 1. The number of benzene rings is 2. The molecule has 2 aromatic rings. The summed E-state index contributed by atoms with van der Waals surface area (Å²) in [6.07, 6.45) is 0.745. The van der Waals surface area contributed by atoms with Crippen molar-refractivity contribution in [1.82, 2.24) is 10.2 Å². The molecule has 27 heavy (non-hydrogen) atoms. The van der Waals surface area contributed by atoms with Crippen molar-refractivity contribution >= 4 is 6.09 Å². The van der Waals surface area contributed by atoms with Crippen LogP contribution in [0.2, 0.25) is 0 Å². The maximum absolute atomic E-state index is 11.9. The van der Waals surface area contributed by atoms with Gasteiger partial charge in [0.15, 0.2) is 0 Å². The Balaban J connectivity index is 1.65. The zero-order chi connectivity index (χ0) is 19.3. The Labute approximate surface area is 162 Å². The molecule has 1 saturated heterocycles. The van der Waals surface area contributed by atoms with E-state index in [1.807, 2.05) is 20.8 Å². The first-order valence-corrected chi connectivity index (χ1v) is 9.73. The first kappa shape index (κ1) is 19.4. The van der Waals surface area contributed by atoms with Gasteiger partial charge in [-0.15, -0.1) is 0 Å². The van der Waals surface area contributed by atoms with Crippen LogP contribution in [0.3, 0.4) is 0 Å². The van der Waals surface area contributed by atoms with Gasteiger partial charge in [-0.1, -0.05) is 60.7 Å². The Morgan fingerprint density at radius 2 is 1.63 bits per heavy atom. The van der Waals surface area contributed by atoms with E-state index in [0.717, 1.165) is 19.5 Å². The van der Waals surface area contributed by atoms with Gasteiger partial charge in [-0.2, -0.15) is 0 Å². The van der Waals surface area contributed by atoms with E-state index >= 15 is 0 Å². The molecule has 4 nitrogen and oxygen atoms in total. The average molecular weight is 367 g/mol. The fourth-order valence-corrected chi connectivity index (χ4v) is 3.69. The highest BCUT2D eigenvalue weighted by Gasteiger charge is 2.30. The van der Waals surface area contributed by atoms with E-state index in [4.69, 9.17) is 4.74 Å². The molecule has 3 rings (SSSR count). The van der Waals surface area contributed by atoms with Crippen molar-refractivity contribution in [3.8, 4) is 0 Å². The molecule has 1 amide bonds. The molecule has 0 spiro atoms. The van der Waals surface area contributed by atoms with Crippen LogP contribution in [-0.4, -0.2) is 36.2 Å². The summed E-state index contributed by atoms with van der Waals surface area (Å²) < 4.78 is 5.35. The van der Waals surface area contributed by atoms with E-state index in [-0.39, 0.29) is 12.1 Å². The number of hydrogen-bond donors (Lipinski definition) is 1. The van der Waals surface area contributed by atoms with Crippen LogP contribution in [0.25, 0.3) is 0 Å². The Bertz CT molecular complexity index is 686. The minimum atomic E-state index is -0.461. The lowest BCUT2D eigenvalue weighted by atomic mass is 9.97. The van der Waals surface area contributed by atoms with Gasteiger partial charge in [-0.25, -0.2) is 4.79 Å². The number of hydrogen-bond acceptors (Lipinski definition) is 3. The van der Waals surface area contributed by atoms with Crippen LogP contribution in [0, 0.1) is 5.92 Å². The Morgan fingerprint density at radius 3 is 2.15 bits per heavy atom. The second-order valence-electron chi connectivity index (χ2n) is 8.26. The molecule has 1 fully saturated rings. The lowest BCUT2D eigenvalue weighted by Crippen LogP contribution is -2.36. The van der Waals surface area contributed by atoms with Crippen LogP contribution in [0.4, 0.5) is 4.79 Å². The van der Waals surface area contributed by atoms with E-state index in [1.54, 1.807) is 0 Å². The summed E-state index contributed by atoms with van der Waals surface area (Å²) in [5, 5.41) is 2.93. The molecule has 0 saturated carbocycles. The first-order valence-electron chi connectivity index (χ1n) is 9.73. The number of alkyl carbamates (subject to hydrolysis) is 1. The number of carbonyl (C=O) groups is 1. The number of nitrogens with zero attached hydrogens (tertiary/aromatic N) is 1. The Kier molecular flexibility index (Phi) is 6.17. The summed E-state index contributed by atoms with van der Waals surface area (Å²) in [5.41, 5.74) is 2.16. The molecule has 0 bridgehead atoms. The number of rotatable bonds is 5. The van der Waals surface area contributed by atoms with Crippen LogP contribution >= 0.6 is 0 Å². The van der Waals surface area contributed by atoms with Crippen molar-refractivity contribution in [1.29, 1.82) is 0 Å². The van der Waals surface area contributed by atoms with Gasteiger partial charge in [-0.3, -0.25) is 4.90 Å². The number of amides is 1. The minimum absolute atomic E-state index is 0.249. The second kappa shape index (κ2) is 8.57. The summed E-state index contributed by atoms with van der Waals surface area (Å²) in [6, 6.07) is 21.6. The fourth-order valence-electron chi connectivity index (χ4n) is 3.69. The van der Waals surface area contributed by atoms with E-state index in [2.05, 4.69) is 70.9 Å². The zero-order valence-corrected chi connectivity index (χ0v) is 16.5. The van der Waals surface area contributed by atoms with Gasteiger partial charge in [-0.05, 0) is 50.8 Å².